The quantitative estimate of drug-likeness (QED) is 0.796. The van der Waals surface area contributed by atoms with E-state index in [0.29, 0.717) is 18.4 Å². The van der Waals surface area contributed by atoms with Crippen molar-refractivity contribution in [2.75, 3.05) is 24.6 Å². The molecule has 7 heteroatoms. The minimum Gasteiger partial charge on any atom is -0.476 e. The maximum absolute atomic E-state index is 5.81. The number of ether oxygens (including phenoxy) is 1. The van der Waals surface area contributed by atoms with Gasteiger partial charge in [0.05, 0.1) is 16.8 Å². The highest BCUT2D eigenvalue weighted by molar-refractivity contribution is 9.10. The second-order valence-electron chi connectivity index (χ2n) is 7.12. The summed E-state index contributed by atoms with van der Waals surface area (Å²) in [6.07, 6.45) is 4.62. The maximum Gasteiger partial charge on any atom is 0.233 e. The lowest BCUT2D eigenvalue weighted by atomic mass is 9.92. The van der Waals surface area contributed by atoms with Crippen LogP contribution in [0.4, 0.5) is 5.95 Å². The number of nitrogens with zero attached hydrogens (tertiary/aromatic N) is 5. The molecule has 1 unspecified atom stereocenters. The molecule has 1 aliphatic heterocycles. The minimum atomic E-state index is 0.00214. The van der Waals surface area contributed by atoms with Crippen LogP contribution >= 0.6 is 15.9 Å². The van der Waals surface area contributed by atoms with Gasteiger partial charge >= 0.3 is 0 Å². The fraction of sp³-hybridized carbons (Fsp3) is 0.529. The zero-order valence-corrected chi connectivity index (χ0v) is 15.8. The first-order valence-corrected chi connectivity index (χ1v) is 8.90. The molecule has 1 saturated heterocycles. The van der Waals surface area contributed by atoms with Crippen molar-refractivity contribution in [1.29, 1.82) is 0 Å². The van der Waals surface area contributed by atoms with Gasteiger partial charge in [-0.05, 0) is 28.4 Å². The second kappa shape index (κ2) is 7.01. The van der Waals surface area contributed by atoms with E-state index in [1.54, 1.807) is 12.4 Å². The molecule has 3 rings (SSSR count). The van der Waals surface area contributed by atoms with Crippen molar-refractivity contribution in [2.24, 2.45) is 5.92 Å². The highest BCUT2D eigenvalue weighted by atomic mass is 79.9. The van der Waals surface area contributed by atoms with E-state index in [1.807, 2.05) is 12.1 Å². The molecule has 1 aliphatic rings. The minimum absolute atomic E-state index is 0.00214. The molecule has 0 saturated carbocycles. The molecule has 0 aliphatic carbocycles. The summed E-state index contributed by atoms with van der Waals surface area (Å²) in [5, 5.41) is 8.43. The molecule has 1 fully saturated rings. The van der Waals surface area contributed by atoms with Gasteiger partial charge in [0.2, 0.25) is 11.8 Å². The van der Waals surface area contributed by atoms with Crippen LogP contribution in [-0.2, 0) is 5.41 Å². The third-order valence-electron chi connectivity index (χ3n) is 4.05. The molecular formula is C17H22BrN5O. The Morgan fingerprint density at radius 1 is 1.21 bits per heavy atom. The Kier molecular flexibility index (Phi) is 4.99. The monoisotopic (exact) mass is 391 g/mol. The molecule has 0 amide bonds. The van der Waals surface area contributed by atoms with Crippen LogP contribution in [0.2, 0.25) is 0 Å². The molecule has 0 N–H and O–H groups in total. The predicted octanol–water partition coefficient (Wildman–Crippen LogP) is 3.23. The van der Waals surface area contributed by atoms with Gasteiger partial charge in [0.25, 0.3) is 0 Å². The number of anilines is 1. The molecule has 1 atom stereocenters. The zero-order valence-electron chi connectivity index (χ0n) is 14.2. The van der Waals surface area contributed by atoms with E-state index in [2.05, 4.69) is 61.8 Å². The van der Waals surface area contributed by atoms with Gasteiger partial charge in [-0.2, -0.15) is 5.10 Å². The Labute approximate surface area is 150 Å². The van der Waals surface area contributed by atoms with Crippen molar-refractivity contribution in [3.05, 3.63) is 34.7 Å². The summed E-state index contributed by atoms with van der Waals surface area (Å²) >= 11 is 3.36. The largest absolute Gasteiger partial charge is 0.476 e. The van der Waals surface area contributed by atoms with Gasteiger partial charge in [-0.3, -0.25) is 0 Å². The number of halogens is 1. The summed E-state index contributed by atoms with van der Waals surface area (Å²) < 4.78 is 6.70. The third kappa shape index (κ3) is 4.20. The van der Waals surface area contributed by atoms with Crippen molar-refractivity contribution in [3.8, 4) is 5.88 Å². The van der Waals surface area contributed by atoms with Crippen LogP contribution in [0, 0.1) is 5.92 Å². The van der Waals surface area contributed by atoms with E-state index in [4.69, 9.17) is 4.74 Å². The van der Waals surface area contributed by atoms with Gasteiger partial charge in [0.1, 0.15) is 0 Å². The molecule has 0 radical (unpaired) electrons. The van der Waals surface area contributed by atoms with Gasteiger partial charge in [-0.25, -0.2) is 9.97 Å². The Balaban J connectivity index is 1.52. The first kappa shape index (κ1) is 17.1. The smallest absolute Gasteiger partial charge is 0.233 e. The number of rotatable bonds is 4. The molecule has 128 valence electrons. The van der Waals surface area contributed by atoms with Gasteiger partial charge in [0, 0.05) is 42.9 Å². The lowest BCUT2D eigenvalue weighted by Gasteiger charge is -2.17. The third-order valence-corrected chi connectivity index (χ3v) is 4.46. The van der Waals surface area contributed by atoms with Gasteiger partial charge < -0.3 is 9.64 Å². The summed E-state index contributed by atoms with van der Waals surface area (Å²) in [6.45, 7) is 8.84. The zero-order chi connectivity index (χ0) is 17.2. The Morgan fingerprint density at radius 3 is 2.58 bits per heavy atom. The molecule has 0 spiro atoms. The summed E-state index contributed by atoms with van der Waals surface area (Å²) in [7, 11) is 0. The molecular weight excluding hydrogens is 370 g/mol. The molecule has 0 bridgehead atoms. The van der Waals surface area contributed by atoms with Crippen molar-refractivity contribution in [3.63, 3.8) is 0 Å². The van der Waals surface area contributed by atoms with Crippen molar-refractivity contribution in [1.82, 2.24) is 20.2 Å². The fourth-order valence-corrected chi connectivity index (χ4v) is 2.82. The van der Waals surface area contributed by atoms with Crippen molar-refractivity contribution in [2.45, 2.75) is 32.6 Å². The van der Waals surface area contributed by atoms with E-state index >= 15 is 0 Å². The fourth-order valence-electron chi connectivity index (χ4n) is 2.62. The first-order valence-electron chi connectivity index (χ1n) is 8.11. The average molecular weight is 392 g/mol. The van der Waals surface area contributed by atoms with E-state index < -0.39 is 0 Å². The number of aromatic nitrogens is 4. The van der Waals surface area contributed by atoms with E-state index in [0.717, 1.165) is 35.6 Å². The van der Waals surface area contributed by atoms with E-state index in [9.17, 15) is 0 Å². The highest BCUT2D eigenvalue weighted by Gasteiger charge is 2.25. The van der Waals surface area contributed by atoms with E-state index in [-0.39, 0.29) is 5.41 Å². The maximum atomic E-state index is 5.81. The molecule has 2 aromatic rings. The number of hydrogen-bond donors (Lipinski definition) is 0. The second-order valence-corrected chi connectivity index (χ2v) is 8.04. The van der Waals surface area contributed by atoms with Crippen LogP contribution in [0.5, 0.6) is 5.88 Å². The molecule has 24 heavy (non-hydrogen) atoms. The van der Waals surface area contributed by atoms with Gasteiger partial charge in [0.15, 0.2) is 0 Å². The normalized spacial score (nSPS) is 18.0. The van der Waals surface area contributed by atoms with Crippen LogP contribution in [0.1, 0.15) is 32.9 Å². The number of hydrogen-bond acceptors (Lipinski definition) is 6. The standard InChI is InChI=1S/C17H22BrN5O/c1-17(2,3)14-4-5-15(22-21-14)24-11-12-6-7-23(10-12)16-19-8-13(18)9-20-16/h4-5,8-9,12H,6-7,10-11H2,1-3H3. The Hall–Kier alpha value is -1.76. The van der Waals surface area contributed by atoms with Crippen LogP contribution in [0.3, 0.4) is 0 Å². The average Bonchev–Trinajstić information content (AvgIpc) is 3.02. The molecule has 3 heterocycles. The van der Waals surface area contributed by atoms with Crippen LogP contribution < -0.4 is 9.64 Å². The van der Waals surface area contributed by atoms with E-state index in [1.165, 1.54) is 0 Å². The topological polar surface area (TPSA) is 64.0 Å². The summed E-state index contributed by atoms with van der Waals surface area (Å²) in [6, 6.07) is 3.89. The lowest BCUT2D eigenvalue weighted by molar-refractivity contribution is 0.249. The van der Waals surface area contributed by atoms with Crippen molar-refractivity contribution >= 4 is 21.9 Å². The summed E-state index contributed by atoms with van der Waals surface area (Å²) in [4.78, 5) is 10.9. The lowest BCUT2D eigenvalue weighted by Crippen LogP contribution is -2.23. The predicted molar refractivity (Wildman–Crippen MR) is 96.3 cm³/mol. The van der Waals surface area contributed by atoms with Crippen LogP contribution in [-0.4, -0.2) is 39.9 Å². The highest BCUT2D eigenvalue weighted by Crippen LogP contribution is 2.23. The van der Waals surface area contributed by atoms with Gasteiger partial charge in [-0.15, -0.1) is 5.10 Å². The molecule has 6 nitrogen and oxygen atoms in total. The van der Waals surface area contributed by atoms with Crippen LogP contribution in [0.25, 0.3) is 0 Å². The Morgan fingerprint density at radius 2 is 1.96 bits per heavy atom. The summed E-state index contributed by atoms with van der Waals surface area (Å²) in [5.41, 5.74) is 0.969. The summed E-state index contributed by atoms with van der Waals surface area (Å²) in [5.74, 6) is 1.80. The first-order chi connectivity index (χ1) is 11.4. The van der Waals surface area contributed by atoms with Crippen molar-refractivity contribution < 1.29 is 4.74 Å². The molecule has 0 aromatic carbocycles. The van der Waals surface area contributed by atoms with Crippen LogP contribution in [0.15, 0.2) is 29.0 Å². The molecule has 2 aromatic heterocycles. The Bertz CT molecular complexity index is 669. The SMILES string of the molecule is CC(C)(C)c1ccc(OCC2CCN(c3ncc(Br)cn3)C2)nn1. The van der Waals surface area contributed by atoms with Gasteiger partial charge in [-0.1, -0.05) is 20.8 Å².